The van der Waals surface area contributed by atoms with Crippen molar-refractivity contribution < 1.29 is 94.3 Å². The Morgan fingerprint density at radius 1 is 0.756 bits per heavy atom. The number of imidazole rings is 3. The molecule has 37 nitrogen and oxygen atoms in total. The molecule has 14 N–H and O–H groups in total. The summed E-state index contributed by atoms with van der Waals surface area (Å²) in [7, 11) is -11.3. The van der Waals surface area contributed by atoms with Gasteiger partial charge < -0.3 is 89.6 Å². The first-order valence-electron chi connectivity index (χ1n) is 22.8. The second-order valence-corrected chi connectivity index (χ2v) is 26.2. The standard InChI is InChI=1S/C36H52N16O21P4S/c1-48(2)6-5-14-15(69-32(21(14)53)52-13-49(3)20-29(52)45-36(39)47-31(20)57)7-68-77(64,78)73-76(62,63)72-75(60,61)67-9-17-25(24(65-4)34(71-17)50-11-42-18-26(37)40-10-41-27(18)50)74(58,59)66-8-16-22(54)23(55)33(70-16)51-12-43-19-28(51)44-35(38)46-30(19)56/h10-17,21-25,32-34,53-55H,5-9H2,1-4H3,(H11-,37,38,39,40,41,44,45,46,47,56,57,58,59,60,61,62,63,64,78)/t14-,15-,16-,17?,21-,22-,23-,24-,25-,32?,33-,34-,77?/m1/s1. The first kappa shape index (κ1) is 58.0. The lowest BCUT2D eigenvalue weighted by Gasteiger charge is -2.35. The molecule has 78 heavy (non-hydrogen) atoms. The highest BCUT2D eigenvalue weighted by Gasteiger charge is 2.55. The van der Waals surface area contributed by atoms with Crippen LogP contribution < -0.4 is 37.8 Å². The van der Waals surface area contributed by atoms with E-state index in [1.807, 2.05) is 0 Å². The summed E-state index contributed by atoms with van der Waals surface area (Å²) in [4.78, 5) is 103. The molecule has 3 aliphatic heterocycles. The molecule has 6 aromatic rings. The van der Waals surface area contributed by atoms with E-state index in [1.165, 1.54) is 20.0 Å². The summed E-state index contributed by atoms with van der Waals surface area (Å²) in [6.45, 7) is -7.54. The minimum atomic E-state index is -5.99. The maximum Gasteiger partial charge on any atom is 0.488 e. The molecule has 0 amide bonds. The Morgan fingerprint density at radius 2 is 1.36 bits per heavy atom. The summed E-state index contributed by atoms with van der Waals surface area (Å²) in [5.74, 6) is -1.40. The number of methoxy groups -OCH3 is 1. The van der Waals surface area contributed by atoms with E-state index in [0.29, 0.717) is 6.54 Å². The van der Waals surface area contributed by atoms with Crippen molar-refractivity contribution in [1.82, 2.24) is 58.5 Å². The minimum Gasteiger partial charge on any atom is -0.778 e. The fraction of sp³-hybridized carbons (Fsp3) is 0.583. The number of phosphoric ester groups is 1. The number of hydrogen-bond acceptors (Lipinski definition) is 29. The van der Waals surface area contributed by atoms with Gasteiger partial charge in [-0.1, -0.05) is 0 Å². The van der Waals surface area contributed by atoms with Crippen molar-refractivity contribution in [3.8, 4) is 0 Å². The second kappa shape index (κ2) is 22.0. The van der Waals surface area contributed by atoms with Crippen molar-refractivity contribution >= 4 is 93.0 Å². The Bertz CT molecular complexity index is 3550. The summed E-state index contributed by atoms with van der Waals surface area (Å²) in [5.41, 5.74) is 14.0. The van der Waals surface area contributed by atoms with Gasteiger partial charge in [-0.3, -0.25) is 33.2 Å². The molecule has 0 radical (unpaired) electrons. The lowest BCUT2D eigenvalue weighted by molar-refractivity contribution is -0.646. The predicted molar refractivity (Wildman–Crippen MR) is 263 cm³/mol. The number of aromatic nitrogens is 12. The Morgan fingerprint density at radius 3 is 2.05 bits per heavy atom. The van der Waals surface area contributed by atoms with Crippen LogP contribution in [0.1, 0.15) is 25.1 Å². The second-order valence-electron chi connectivity index (χ2n) is 18.2. The van der Waals surface area contributed by atoms with Gasteiger partial charge in [-0.2, -0.15) is 18.8 Å². The van der Waals surface area contributed by atoms with E-state index in [-0.39, 0.29) is 57.6 Å². The minimum absolute atomic E-state index is 0.00441. The van der Waals surface area contributed by atoms with Crippen LogP contribution in [0.4, 0.5) is 17.7 Å². The van der Waals surface area contributed by atoms with E-state index in [0.717, 1.165) is 30.7 Å². The number of H-pyrrole nitrogens is 2. The van der Waals surface area contributed by atoms with Crippen LogP contribution in [0.3, 0.4) is 0 Å². The molecule has 3 saturated heterocycles. The predicted octanol–water partition coefficient (Wildman–Crippen LogP) is -3.95. The van der Waals surface area contributed by atoms with E-state index in [9.17, 15) is 58.2 Å². The van der Waals surface area contributed by atoms with E-state index >= 15 is 0 Å². The molecule has 9 rings (SSSR count). The van der Waals surface area contributed by atoms with Gasteiger partial charge in [0, 0.05) is 13.0 Å². The number of rotatable bonds is 21. The molecule has 42 heteroatoms. The van der Waals surface area contributed by atoms with Crippen LogP contribution in [0.2, 0.25) is 0 Å². The van der Waals surface area contributed by atoms with Crippen LogP contribution in [-0.2, 0) is 73.7 Å². The molecule has 0 aliphatic carbocycles. The van der Waals surface area contributed by atoms with Crippen LogP contribution in [0, 0.1) is 5.92 Å². The normalized spacial score (nSPS) is 29.8. The summed E-state index contributed by atoms with van der Waals surface area (Å²) in [6, 6.07) is 0. The maximum absolute atomic E-state index is 14.4. The number of nitrogens with zero attached hydrogens (tertiary/aromatic N) is 11. The zero-order valence-electron chi connectivity index (χ0n) is 40.9. The van der Waals surface area contributed by atoms with E-state index in [2.05, 4.69) is 44.2 Å². The Labute approximate surface area is 441 Å². The number of phosphoric acid groups is 2. The van der Waals surface area contributed by atoms with Gasteiger partial charge in [-0.15, -0.1) is 0 Å². The van der Waals surface area contributed by atoms with Gasteiger partial charge in [0.15, 0.2) is 35.1 Å². The van der Waals surface area contributed by atoms with Crippen molar-refractivity contribution in [2.75, 3.05) is 64.8 Å². The number of nitrogens with two attached hydrogens (primary N) is 3. The van der Waals surface area contributed by atoms with Crippen molar-refractivity contribution in [3.05, 3.63) is 46.0 Å². The number of anilines is 3. The number of aliphatic hydroxyl groups is 3. The van der Waals surface area contributed by atoms with Gasteiger partial charge in [-0.25, -0.2) is 37.9 Å². The summed E-state index contributed by atoms with van der Waals surface area (Å²) < 4.78 is 94.7. The first-order chi connectivity index (χ1) is 36.6. The van der Waals surface area contributed by atoms with Crippen LogP contribution in [0.5, 0.6) is 0 Å². The number of aliphatic hydroxyl groups excluding tert-OH is 3. The Hall–Kier alpha value is -4.69. The number of aromatic amines is 2. The number of nitrogens with one attached hydrogen (secondary N) is 2. The lowest BCUT2D eigenvalue weighted by atomic mass is 9.94. The average Bonchev–Trinajstić information content (AvgIpc) is 4.37. The Balaban J connectivity index is 0.892. The summed E-state index contributed by atoms with van der Waals surface area (Å²) in [5, 5.41) is 33.5. The molecule has 0 aromatic carbocycles. The topological polar surface area (TPSA) is 522 Å². The van der Waals surface area contributed by atoms with Gasteiger partial charge in [0.2, 0.25) is 24.5 Å². The largest absolute Gasteiger partial charge is 0.778 e. The third kappa shape index (κ3) is 11.6. The number of aryl methyl sites for hydroxylation is 1. The van der Waals surface area contributed by atoms with E-state index in [1.54, 1.807) is 26.0 Å². The number of hydrogen-bond donors (Lipinski definition) is 11. The Kier molecular flexibility index (Phi) is 16.3. The lowest BCUT2D eigenvalue weighted by Crippen LogP contribution is -2.40. The van der Waals surface area contributed by atoms with Gasteiger partial charge in [0.05, 0.1) is 57.4 Å². The average molecular weight is 1200 g/mol. The maximum atomic E-state index is 14.4. The molecule has 0 bridgehead atoms. The van der Waals surface area contributed by atoms with Gasteiger partial charge in [-0.05, 0) is 38.9 Å². The van der Waals surface area contributed by atoms with Crippen LogP contribution >= 0.6 is 30.0 Å². The quantitative estimate of drug-likeness (QED) is 0.0242. The molecule has 428 valence electrons. The fourth-order valence-electron chi connectivity index (χ4n) is 9.33. The highest BCUT2D eigenvalue weighted by atomic mass is 32.5. The molecule has 6 aromatic heterocycles. The van der Waals surface area contributed by atoms with Crippen molar-refractivity contribution in [2.24, 2.45) is 13.0 Å². The third-order valence-electron chi connectivity index (χ3n) is 12.8. The monoisotopic (exact) mass is 1200 g/mol. The number of nitrogen functional groups attached to an aromatic ring is 3. The number of fused-ring (bicyclic) bond motifs is 3. The van der Waals surface area contributed by atoms with E-state index in [4.69, 9.17) is 65.8 Å². The summed E-state index contributed by atoms with van der Waals surface area (Å²) >= 11 is 4.97. The van der Waals surface area contributed by atoms with Crippen LogP contribution in [-0.4, -0.2) is 184 Å². The zero-order valence-corrected chi connectivity index (χ0v) is 45.3. The van der Waals surface area contributed by atoms with E-state index < -0.39 is 134 Å². The van der Waals surface area contributed by atoms with Gasteiger partial charge in [0.25, 0.3) is 16.7 Å². The third-order valence-corrected chi connectivity index (χ3v) is 19.8. The van der Waals surface area contributed by atoms with Crippen LogP contribution in [0.25, 0.3) is 33.5 Å². The molecule has 3 aliphatic rings. The molecule has 9 heterocycles. The molecule has 0 saturated carbocycles. The fourth-order valence-corrected chi connectivity index (χ4v) is 15.5. The van der Waals surface area contributed by atoms with Crippen LogP contribution in [0.15, 0.2) is 34.9 Å². The van der Waals surface area contributed by atoms with Gasteiger partial charge in [0.1, 0.15) is 50.0 Å². The first-order valence-corrected chi connectivity index (χ1v) is 30.0. The summed E-state index contributed by atoms with van der Waals surface area (Å²) in [6.07, 6.45) is -10.5. The molecule has 3 fully saturated rings. The molecular formula is C36H52N16O21P4S. The molecule has 16 atom stereocenters. The highest BCUT2D eigenvalue weighted by molar-refractivity contribution is 8.08. The number of ether oxygens (including phenoxy) is 4. The highest BCUT2D eigenvalue weighted by Crippen LogP contribution is 2.68. The zero-order chi connectivity index (χ0) is 56.6. The SMILES string of the molecule is CO[C@H]1[C@H](n2cnc3c(N)ncnc32)OC(COP(=O)(O)OP(=O)(O)OP(O)(=S)OC[C@H]2OC(n3c[n+](C)c4c(=O)[nH]c(N)nc43)[C@H](O)[C@@H]2CCN(C)C)[C@H]1P(=O)([O-])OC[C@H]1O[C@@H](n2cnc3c(=O)[nH]c(N)nc32)[C@H](O)[C@@H]1O. The smallest absolute Gasteiger partial charge is 0.488 e. The van der Waals surface area contributed by atoms with Crippen molar-refractivity contribution in [1.29, 1.82) is 0 Å². The van der Waals surface area contributed by atoms with Gasteiger partial charge >= 0.3 is 27.9 Å². The van der Waals surface area contributed by atoms with Crippen molar-refractivity contribution in [2.45, 2.75) is 73.5 Å². The van der Waals surface area contributed by atoms with Crippen molar-refractivity contribution in [3.63, 3.8) is 0 Å². The molecule has 0 spiro atoms. The molecular weight excluding hydrogens is 1150 g/mol. The molecule has 6 unspecified atom stereocenters.